The zero-order valence-corrected chi connectivity index (χ0v) is 10.4. The summed E-state index contributed by atoms with van der Waals surface area (Å²) in [6, 6.07) is 5.61. The van der Waals surface area contributed by atoms with Gasteiger partial charge in [0.05, 0.1) is 17.6 Å². The Kier molecular flexibility index (Phi) is 2.68. The molecule has 0 fully saturated rings. The van der Waals surface area contributed by atoms with Crippen molar-refractivity contribution in [3.63, 3.8) is 0 Å². The number of aromatic nitrogens is 5. The summed E-state index contributed by atoms with van der Waals surface area (Å²) in [5.74, 6) is 0.710. The van der Waals surface area contributed by atoms with Crippen LogP contribution in [0.3, 0.4) is 0 Å². The molecule has 6 heteroatoms. The first-order valence-electron chi connectivity index (χ1n) is 5.80. The zero-order valence-electron chi connectivity index (χ0n) is 10.4. The molecule has 0 aliphatic rings. The molecule has 3 aromatic heterocycles. The molecule has 0 radical (unpaired) electrons. The summed E-state index contributed by atoms with van der Waals surface area (Å²) in [4.78, 5) is 12.7. The summed E-state index contributed by atoms with van der Waals surface area (Å²) < 4.78 is 1.64. The van der Waals surface area contributed by atoms with Gasteiger partial charge in [0.15, 0.2) is 5.82 Å². The van der Waals surface area contributed by atoms with Crippen LogP contribution in [0.5, 0.6) is 0 Å². The number of rotatable bonds is 2. The third-order valence-corrected chi connectivity index (χ3v) is 2.73. The molecule has 0 spiro atoms. The van der Waals surface area contributed by atoms with Gasteiger partial charge in [-0.1, -0.05) is 6.07 Å². The van der Waals surface area contributed by atoms with Crippen molar-refractivity contribution in [1.82, 2.24) is 24.7 Å². The topological polar surface area (TPSA) is 82.5 Å². The molecule has 0 aliphatic carbocycles. The van der Waals surface area contributed by atoms with Gasteiger partial charge in [-0.2, -0.15) is 5.10 Å². The summed E-state index contributed by atoms with van der Waals surface area (Å²) in [7, 11) is 0. The van der Waals surface area contributed by atoms with E-state index < -0.39 is 0 Å². The van der Waals surface area contributed by atoms with Gasteiger partial charge in [-0.3, -0.25) is 9.97 Å². The van der Waals surface area contributed by atoms with Crippen LogP contribution >= 0.6 is 0 Å². The van der Waals surface area contributed by atoms with Crippen molar-refractivity contribution in [2.24, 2.45) is 0 Å². The number of nitrogens with two attached hydrogens (primary N) is 1. The van der Waals surface area contributed by atoms with E-state index in [0.29, 0.717) is 22.9 Å². The van der Waals surface area contributed by atoms with Crippen molar-refractivity contribution in [3.8, 4) is 17.2 Å². The van der Waals surface area contributed by atoms with Crippen LogP contribution in [0.1, 0.15) is 5.69 Å². The maximum absolute atomic E-state index is 6.00. The molecule has 0 aliphatic heterocycles. The van der Waals surface area contributed by atoms with Gasteiger partial charge in [-0.05, 0) is 19.1 Å². The first kappa shape index (κ1) is 11.3. The SMILES string of the molecule is Cc1nccnc1-c1nn(-c2ccccn2)cc1N. The van der Waals surface area contributed by atoms with Gasteiger partial charge in [-0.15, -0.1) is 0 Å². The highest BCUT2D eigenvalue weighted by molar-refractivity contribution is 5.70. The van der Waals surface area contributed by atoms with E-state index in [1.54, 1.807) is 29.5 Å². The van der Waals surface area contributed by atoms with Gasteiger partial charge < -0.3 is 5.73 Å². The van der Waals surface area contributed by atoms with Crippen LogP contribution in [0.2, 0.25) is 0 Å². The van der Waals surface area contributed by atoms with Gasteiger partial charge in [0.2, 0.25) is 0 Å². The molecule has 0 amide bonds. The smallest absolute Gasteiger partial charge is 0.153 e. The Hall–Kier alpha value is -2.76. The van der Waals surface area contributed by atoms with E-state index in [0.717, 1.165) is 5.69 Å². The molecule has 2 N–H and O–H groups in total. The van der Waals surface area contributed by atoms with Crippen molar-refractivity contribution in [1.29, 1.82) is 0 Å². The zero-order chi connectivity index (χ0) is 13.2. The molecule has 19 heavy (non-hydrogen) atoms. The molecule has 0 saturated carbocycles. The van der Waals surface area contributed by atoms with Crippen molar-refractivity contribution < 1.29 is 0 Å². The fourth-order valence-corrected chi connectivity index (χ4v) is 1.82. The second-order valence-electron chi connectivity index (χ2n) is 4.06. The van der Waals surface area contributed by atoms with Crippen LogP contribution < -0.4 is 5.73 Å². The quantitative estimate of drug-likeness (QED) is 0.749. The predicted molar refractivity (Wildman–Crippen MR) is 71.5 cm³/mol. The number of aryl methyl sites for hydroxylation is 1. The Morgan fingerprint density at radius 2 is 1.84 bits per heavy atom. The van der Waals surface area contributed by atoms with Crippen molar-refractivity contribution in [2.75, 3.05) is 5.73 Å². The van der Waals surface area contributed by atoms with Crippen LogP contribution in [0.4, 0.5) is 5.69 Å². The fourth-order valence-electron chi connectivity index (χ4n) is 1.82. The van der Waals surface area contributed by atoms with Crippen molar-refractivity contribution in [2.45, 2.75) is 6.92 Å². The summed E-state index contributed by atoms with van der Waals surface area (Å²) in [6.07, 6.45) is 6.71. The maximum atomic E-state index is 6.00. The summed E-state index contributed by atoms with van der Waals surface area (Å²) in [5, 5.41) is 4.44. The predicted octanol–water partition coefficient (Wildman–Crippen LogP) is 1.61. The minimum absolute atomic E-state index is 0.550. The van der Waals surface area contributed by atoms with E-state index in [-0.39, 0.29) is 0 Å². The first-order valence-corrected chi connectivity index (χ1v) is 5.80. The minimum atomic E-state index is 0.550. The molecule has 0 unspecified atom stereocenters. The monoisotopic (exact) mass is 252 g/mol. The third-order valence-electron chi connectivity index (χ3n) is 2.73. The largest absolute Gasteiger partial charge is 0.396 e. The normalized spacial score (nSPS) is 10.6. The lowest BCUT2D eigenvalue weighted by Gasteiger charge is -2.00. The number of pyridine rings is 1. The maximum Gasteiger partial charge on any atom is 0.153 e. The molecule has 3 aromatic rings. The fraction of sp³-hybridized carbons (Fsp3) is 0.0769. The molecule has 0 atom stereocenters. The molecular weight excluding hydrogens is 240 g/mol. The third kappa shape index (κ3) is 2.03. The molecule has 6 nitrogen and oxygen atoms in total. The number of nitrogen functional groups attached to an aromatic ring is 1. The standard InChI is InChI=1S/C13H12N6/c1-9-12(17-7-6-15-9)13-10(14)8-19(18-13)11-4-2-3-5-16-11/h2-8H,14H2,1H3. The number of hydrogen-bond acceptors (Lipinski definition) is 5. The lowest BCUT2D eigenvalue weighted by atomic mass is 10.2. The van der Waals surface area contributed by atoms with Gasteiger partial charge in [0, 0.05) is 18.6 Å². The summed E-state index contributed by atoms with van der Waals surface area (Å²) >= 11 is 0. The summed E-state index contributed by atoms with van der Waals surface area (Å²) in [5.41, 5.74) is 8.65. The van der Waals surface area contributed by atoms with E-state index in [1.165, 1.54) is 0 Å². The van der Waals surface area contributed by atoms with Crippen LogP contribution in [0.15, 0.2) is 43.0 Å². The Morgan fingerprint density at radius 1 is 1.00 bits per heavy atom. The second-order valence-corrected chi connectivity index (χ2v) is 4.06. The Morgan fingerprint density at radius 3 is 2.58 bits per heavy atom. The number of hydrogen-bond donors (Lipinski definition) is 1. The number of anilines is 1. The second kappa shape index (κ2) is 4.49. The molecule has 3 heterocycles. The molecule has 94 valence electrons. The van der Waals surface area contributed by atoms with Crippen LogP contribution in [-0.2, 0) is 0 Å². The first-order chi connectivity index (χ1) is 9.25. The van der Waals surface area contributed by atoms with Crippen molar-refractivity contribution in [3.05, 3.63) is 48.7 Å². The van der Waals surface area contributed by atoms with E-state index in [2.05, 4.69) is 20.1 Å². The van der Waals surface area contributed by atoms with E-state index in [4.69, 9.17) is 5.73 Å². The van der Waals surface area contributed by atoms with Gasteiger partial charge in [0.1, 0.15) is 11.4 Å². The molecule has 0 saturated heterocycles. The van der Waals surface area contributed by atoms with Gasteiger partial charge >= 0.3 is 0 Å². The van der Waals surface area contributed by atoms with E-state index in [1.807, 2.05) is 25.1 Å². The molecule has 3 rings (SSSR count). The van der Waals surface area contributed by atoms with Gasteiger partial charge in [0.25, 0.3) is 0 Å². The molecule has 0 bridgehead atoms. The number of nitrogens with zero attached hydrogens (tertiary/aromatic N) is 5. The van der Waals surface area contributed by atoms with Gasteiger partial charge in [-0.25, -0.2) is 9.67 Å². The average molecular weight is 252 g/mol. The Bertz CT molecular complexity index is 704. The van der Waals surface area contributed by atoms with Crippen LogP contribution in [0, 0.1) is 6.92 Å². The van der Waals surface area contributed by atoms with Crippen molar-refractivity contribution >= 4 is 5.69 Å². The average Bonchev–Trinajstić information content (AvgIpc) is 2.82. The summed E-state index contributed by atoms with van der Waals surface area (Å²) in [6.45, 7) is 1.88. The minimum Gasteiger partial charge on any atom is -0.396 e. The molecule has 0 aromatic carbocycles. The molecular formula is C13H12N6. The van der Waals surface area contributed by atoms with E-state index in [9.17, 15) is 0 Å². The van der Waals surface area contributed by atoms with E-state index >= 15 is 0 Å². The lowest BCUT2D eigenvalue weighted by molar-refractivity contribution is 0.848. The highest BCUT2D eigenvalue weighted by atomic mass is 15.3. The lowest BCUT2D eigenvalue weighted by Crippen LogP contribution is -1.98. The Balaban J connectivity index is 2.11. The van der Waals surface area contributed by atoms with Crippen LogP contribution in [-0.4, -0.2) is 24.7 Å². The highest BCUT2D eigenvalue weighted by Crippen LogP contribution is 2.24. The van der Waals surface area contributed by atoms with Crippen LogP contribution in [0.25, 0.3) is 17.2 Å². The Labute approximate surface area is 110 Å². The highest BCUT2D eigenvalue weighted by Gasteiger charge is 2.13.